The molecule has 27 heavy (non-hydrogen) atoms. The van der Waals surface area contributed by atoms with Crippen LogP contribution in [0, 0.1) is 0 Å². The number of aromatic nitrogens is 3. The SMILES string of the molecule is c1ccc(-c2nc3sc(N4CCOCC4)nn3c2CN2CCOCC2)cc1. The molecule has 0 radical (unpaired) electrons. The van der Waals surface area contributed by atoms with Gasteiger partial charge in [-0.25, -0.2) is 9.50 Å². The van der Waals surface area contributed by atoms with Crippen LogP contribution in [0.1, 0.15) is 5.69 Å². The first-order valence-corrected chi connectivity index (χ1v) is 10.3. The van der Waals surface area contributed by atoms with Crippen molar-refractivity contribution in [2.24, 2.45) is 0 Å². The number of anilines is 1. The topological polar surface area (TPSA) is 55.1 Å². The molecule has 8 heteroatoms. The van der Waals surface area contributed by atoms with Crippen molar-refractivity contribution in [3.8, 4) is 11.3 Å². The molecule has 0 spiro atoms. The van der Waals surface area contributed by atoms with E-state index < -0.39 is 0 Å². The molecule has 7 nitrogen and oxygen atoms in total. The molecule has 2 aliphatic rings. The molecule has 1 aromatic carbocycles. The first-order valence-electron chi connectivity index (χ1n) is 9.45. The van der Waals surface area contributed by atoms with Gasteiger partial charge in [0.15, 0.2) is 0 Å². The molecule has 4 heterocycles. The number of hydrogen-bond acceptors (Lipinski definition) is 7. The molecule has 2 aliphatic heterocycles. The van der Waals surface area contributed by atoms with Crippen LogP contribution in [0.15, 0.2) is 30.3 Å². The Morgan fingerprint density at radius 1 is 0.926 bits per heavy atom. The van der Waals surface area contributed by atoms with Crippen molar-refractivity contribution in [1.29, 1.82) is 0 Å². The number of fused-ring (bicyclic) bond motifs is 1. The van der Waals surface area contributed by atoms with Crippen LogP contribution in [-0.2, 0) is 16.0 Å². The second-order valence-electron chi connectivity index (χ2n) is 6.84. The molecular formula is C19H23N5O2S. The number of rotatable bonds is 4. The summed E-state index contributed by atoms with van der Waals surface area (Å²) in [6.07, 6.45) is 0. The lowest BCUT2D eigenvalue weighted by molar-refractivity contribution is 0.0335. The molecule has 0 saturated carbocycles. The summed E-state index contributed by atoms with van der Waals surface area (Å²) in [5, 5.41) is 5.96. The standard InChI is InChI=1S/C19H23N5O2S/c1-2-4-15(5-3-1)17-16(14-22-6-10-25-11-7-22)24-18(20-17)27-19(21-24)23-8-12-26-13-9-23/h1-5H,6-14H2. The molecule has 3 aromatic rings. The minimum Gasteiger partial charge on any atom is -0.379 e. The van der Waals surface area contributed by atoms with Crippen molar-refractivity contribution in [2.45, 2.75) is 6.54 Å². The third-order valence-corrected chi connectivity index (χ3v) is 6.06. The van der Waals surface area contributed by atoms with Gasteiger partial charge in [-0.15, -0.1) is 5.10 Å². The Morgan fingerprint density at radius 3 is 2.37 bits per heavy atom. The lowest BCUT2D eigenvalue weighted by Crippen LogP contribution is -2.36. The minimum atomic E-state index is 0.762. The van der Waals surface area contributed by atoms with Crippen LogP contribution in [0.3, 0.4) is 0 Å². The monoisotopic (exact) mass is 385 g/mol. The maximum atomic E-state index is 5.51. The molecule has 142 valence electrons. The van der Waals surface area contributed by atoms with E-state index in [1.807, 2.05) is 10.6 Å². The number of nitrogens with zero attached hydrogens (tertiary/aromatic N) is 5. The van der Waals surface area contributed by atoms with Crippen LogP contribution in [0.4, 0.5) is 5.13 Å². The van der Waals surface area contributed by atoms with E-state index in [1.54, 1.807) is 11.3 Å². The van der Waals surface area contributed by atoms with Gasteiger partial charge in [0.05, 0.1) is 37.8 Å². The number of benzene rings is 1. The van der Waals surface area contributed by atoms with Crippen molar-refractivity contribution >= 4 is 21.4 Å². The summed E-state index contributed by atoms with van der Waals surface area (Å²) < 4.78 is 13.0. The van der Waals surface area contributed by atoms with Crippen molar-refractivity contribution in [2.75, 3.05) is 57.5 Å². The molecular weight excluding hydrogens is 362 g/mol. The van der Waals surface area contributed by atoms with E-state index in [4.69, 9.17) is 19.6 Å². The molecule has 0 unspecified atom stereocenters. The Kier molecular flexibility index (Phi) is 4.79. The maximum absolute atomic E-state index is 5.51. The normalized spacial score (nSPS) is 19.0. The number of hydrogen-bond donors (Lipinski definition) is 0. The van der Waals surface area contributed by atoms with E-state index in [-0.39, 0.29) is 0 Å². The molecule has 5 rings (SSSR count). The summed E-state index contributed by atoms with van der Waals surface area (Å²) in [6, 6.07) is 10.4. The first kappa shape index (κ1) is 17.1. The predicted molar refractivity (Wildman–Crippen MR) is 105 cm³/mol. The van der Waals surface area contributed by atoms with E-state index in [2.05, 4.69) is 34.1 Å². The van der Waals surface area contributed by atoms with Crippen LogP contribution in [0.2, 0.25) is 0 Å². The van der Waals surface area contributed by atoms with Crippen LogP contribution in [-0.4, -0.2) is 72.1 Å². The van der Waals surface area contributed by atoms with Gasteiger partial charge in [-0.1, -0.05) is 41.7 Å². The average Bonchev–Trinajstić information content (AvgIpc) is 3.30. The summed E-state index contributed by atoms with van der Waals surface area (Å²) >= 11 is 1.66. The van der Waals surface area contributed by atoms with Gasteiger partial charge < -0.3 is 14.4 Å². The van der Waals surface area contributed by atoms with Gasteiger partial charge in [0, 0.05) is 38.3 Å². The number of imidazole rings is 1. The first-order chi connectivity index (χ1) is 13.4. The highest BCUT2D eigenvalue weighted by atomic mass is 32.1. The average molecular weight is 385 g/mol. The fourth-order valence-electron chi connectivity index (χ4n) is 3.60. The molecule has 0 aliphatic carbocycles. The predicted octanol–water partition coefficient (Wildman–Crippen LogP) is 2.13. The quantitative estimate of drug-likeness (QED) is 0.686. The fourth-order valence-corrected chi connectivity index (χ4v) is 4.57. The smallest absolute Gasteiger partial charge is 0.214 e. The maximum Gasteiger partial charge on any atom is 0.214 e. The van der Waals surface area contributed by atoms with Gasteiger partial charge in [-0.05, 0) is 0 Å². The number of ether oxygens (including phenoxy) is 2. The minimum absolute atomic E-state index is 0.762. The molecule has 2 saturated heterocycles. The summed E-state index contributed by atoms with van der Waals surface area (Å²) in [7, 11) is 0. The van der Waals surface area contributed by atoms with Crippen molar-refractivity contribution in [3.05, 3.63) is 36.0 Å². The van der Waals surface area contributed by atoms with E-state index in [1.165, 1.54) is 0 Å². The van der Waals surface area contributed by atoms with Gasteiger partial charge in [0.2, 0.25) is 10.1 Å². The molecule has 0 amide bonds. The lowest BCUT2D eigenvalue weighted by Gasteiger charge is -2.26. The van der Waals surface area contributed by atoms with Crippen molar-refractivity contribution < 1.29 is 9.47 Å². The zero-order chi connectivity index (χ0) is 18.1. The second kappa shape index (κ2) is 7.55. The highest BCUT2D eigenvalue weighted by Crippen LogP contribution is 2.31. The summed E-state index contributed by atoms with van der Waals surface area (Å²) in [5.74, 6) is 0. The Morgan fingerprint density at radius 2 is 1.63 bits per heavy atom. The fraction of sp³-hybridized carbons (Fsp3) is 0.474. The molecule has 0 atom stereocenters. The molecule has 0 N–H and O–H groups in total. The van der Waals surface area contributed by atoms with Crippen LogP contribution >= 0.6 is 11.3 Å². The van der Waals surface area contributed by atoms with Crippen molar-refractivity contribution in [1.82, 2.24) is 19.5 Å². The van der Waals surface area contributed by atoms with Crippen LogP contribution in [0.25, 0.3) is 16.2 Å². The Balaban J connectivity index is 1.54. The van der Waals surface area contributed by atoms with Gasteiger partial charge in [0.25, 0.3) is 0 Å². The summed E-state index contributed by atoms with van der Waals surface area (Å²) in [6.45, 7) is 7.61. The Bertz CT molecular complexity index is 898. The van der Waals surface area contributed by atoms with Gasteiger partial charge in [0.1, 0.15) is 0 Å². The summed E-state index contributed by atoms with van der Waals surface area (Å²) in [5.41, 5.74) is 3.34. The van der Waals surface area contributed by atoms with Crippen molar-refractivity contribution in [3.63, 3.8) is 0 Å². The van der Waals surface area contributed by atoms with E-state index in [0.717, 1.165) is 86.2 Å². The number of morpholine rings is 2. The Labute approximate surface area is 162 Å². The van der Waals surface area contributed by atoms with E-state index >= 15 is 0 Å². The van der Waals surface area contributed by atoms with Gasteiger partial charge >= 0.3 is 0 Å². The molecule has 0 bridgehead atoms. The van der Waals surface area contributed by atoms with Crippen LogP contribution in [0.5, 0.6) is 0 Å². The van der Waals surface area contributed by atoms with Gasteiger partial charge in [-0.2, -0.15) is 0 Å². The second-order valence-corrected chi connectivity index (χ2v) is 7.77. The van der Waals surface area contributed by atoms with Crippen LogP contribution < -0.4 is 4.90 Å². The zero-order valence-electron chi connectivity index (χ0n) is 15.2. The third kappa shape index (κ3) is 3.45. The van der Waals surface area contributed by atoms with Gasteiger partial charge in [-0.3, -0.25) is 4.90 Å². The molecule has 2 aromatic heterocycles. The summed E-state index contributed by atoms with van der Waals surface area (Å²) in [4.78, 5) is 10.6. The highest BCUT2D eigenvalue weighted by Gasteiger charge is 2.23. The largest absolute Gasteiger partial charge is 0.379 e. The zero-order valence-corrected chi connectivity index (χ0v) is 16.0. The third-order valence-electron chi connectivity index (χ3n) is 5.09. The van der Waals surface area contributed by atoms with E-state index in [0.29, 0.717) is 0 Å². The Hall–Kier alpha value is -2.00. The lowest BCUT2D eigenvalue weighted by atomic mass is 10.1. The highest BCUT2D eigenvalue weighted by molar-refractivity contribution is 7.20. The van der Waals surface area contributed by atoms with E-state index in [9.17, 15) is 0 Å². The molecule has 2 fully saturated rings.